The fraction of sp³-hybridized carbons (Fsp3) is 0.611. The molecule has 1 aliphatic rings. The highest BCUT2D eigenvalue weighted by Gasteiger charge is 2.29. The van der Waals surface area contributed by atoms with Gasteiger partial charge >= 0.3 is 6.09 Å². The number of nitrogens with zero attached hydrogens (tertiary/aromatic N) is 3. The molecule has 0 spiro atoms. The predicted molar refractivity (Wildman–Crippen MR) is 92.0 cm³/mol. The van der Waals surface area contributed by atoms with E-state index in [-0.39, 0.29) is 17.9 Å². The minimum Gasteiger partial charge on any atom is -0.444 e. The van der Waals surface area contributed by atoms with Gasteiger partial charge in [0.05, 0.1) is 0 Å². The van der Waals surface area contributed by atoms with E-state index >= 15 is 0 Å². The molecule has 1 aromatic rings. The minimum absolute atomic E-state index is 0.114. The van der Waals surface area contributed by atoms with Gasteiger partial charge in [-0.1, -0.05) is 6.07 Å². The van der Waals surface area contributed by atoms with Crippen LogP contribution in [0.25, 0.3) is 0 Å². The van der Waals surface area contributed by atoms with Crippen LogP contribution in [-0.2, 0) is 4.74 Å². The lowest BCUT2D eigenvalue weighted by Crippen LogP contribution is -2.42. The van der Waals surface area contributed by atoms with Crippen molar-refractivity contribution >= 4 is 12.0 Å². The normalized spacial score (nSPS) is 18.2. The van der Waals surface area contributed by atoms with Crippen molar-refractivity contribution in [2.75, 3.05) is 27.2 Å². The zero-order chi connectivity index (χ0) is 17.9. The molecule has 0 N–H and O–H groups in total. The molecule has 2 heterocycles. The summed E-state index contributed by atoms with van der Waals surface area (Å²) in [4.78, 5) is 32.1. The Labute approximate surface area is 143 Å². The number of ether oxygens (including phenoxy) is 1. The fourth-order valence-electron chi connectivity index (χ4n) is 2.74. The van der Waals surface area contributed by atoms with Gasteiger partial charge in [0.15, 0.2) is 0 Å². The van der Waals surface area contributed by atoms with Gasteiger partial charge in [-0.3, -0.25) is 4.79 Å². The molecule has 24 heavy (non-hydrogen) atoms. The molecule has 2 rings (SSSR count). The number of hydrogen-bond donors (Lipinski definition) is 0. The summed E-state index contributed by atoms with van der Waals surface area (Å²) in [6.45, 7) is 6.86. The number of carbonyl (C=O) groups excluding carboxylic acids is 2. The van der Waals surface area contributed by atoms with Crippen LogP contribution >= 0.6 is 0 Å². The molecule has 1 saturated heterocycles. The van der Waals surface area contributed by atoms with Crippen LogP contribution in [0.4, 0.5) is 4.79 Å². The van der Waals surface area contributed by atoms with Gasteiger partial charge in [-0.05, 0) is 45.7 Å². The second kappa shape index (κ2) is 7.20. The fourth-order valence-corrected chi connectivity index (χ4v) is 2.74. The lowest BCUT2D eigenvalue weighted by molar-refractivity contribution is 0.0197. The third-order valence-corrected chi connectivity index (χ3v) is 3.89. The van der Waals surface area contributed by atoms with Gasteiger partial charge in [-0.2, -0.15) is 0 Å². The molecular weight excluding hydrogens is 306 g/mol. The molecule has 0 saturated carbocycles. The van der Waals surface area contributed by atoms with Crippen molar-refractivity contribution in [1.29, 1.82) is 0 Å². The Morgan fingerprint density at radius 3 is 2.62 bits per heavy atom. The molecule has 132 valence electrons. The highest BCUT2D eigenvalue weighted by molar-refractivity contribution is 5.91. The molecule has 0 bridgehead atoms. The lowest BCUT2D eigenvalue weighted by atomic mass is 9.94. The van der Waals surface area contributed by atoms with E-state index in [0.717, 1.165) is 18.5 Å². The number of amides is 2. The smallest absolute Gasteiger partial charge is 0.410 e. The number of piperidine rings is 1. The number of rotatable bonds is 2. The molecule has 0 radical (unpaired) electrons. The summed E-state index contributed by atoms with van der Waals surface area (Å²) >= 11 is 0. The standard InChI is InChI=1S/C18H27N3O3/c1-18(2,3)24-17(23)21-11-7-8-13(12-21)14-9-6-10-15(19-14)16(22)20(4)5/h6,9-10,13H,7-8,11-12H2,1-5H3/t13-/m1/s1. The van der Waals surface area contributed by atoms with Crippen molar-refractivity contribution in [3.05, 3.63) is 29.6 Å². The van der Waals surface area contributed by atoms with Crippen molar-refractivity contribution in [3.8, 4) is 0 Å². The Hall–Kier alpha value is -2.11. The van der Waals surface area contributed by atoms with Crippen molar-refractivity contribution in [1.82, 2.24) is 14.8 Å². The Morgan fingerprint density at radius 1 is 1.29 bits per heavy atom. The van der Waals surface area contributed by atoms with Crippen LogP contribution in [0.1, 0.15) is 55.7 Å². The first-order chi connectivity index (χ1) is 11.2. The monoisotopic (exact) mass is 333 g/mol. The topological polar surface area (TPSA) is 62.7 Å². The summed E-state index contributed by atoms with van der Waals surface area (Å²) in [6, 6.07) is 5.50. The average Bonchev–Trinajstić information content (AvgIpc) is 2.52. The van der Waals surface area contributed by atoms with Crippen LogP contribution in [0.15, 0.2) is 18.2 Å². The molecule has 1 fully saturated rings. The van der Waals surface area contributed by atoms with Crippen molar-refractivity contribution in [2.45, 2.75) is 45.1 Å². The van der Waals surface area contributed by atoms with E-state index in [1.807, 2.05) is 32.9 Å². The van der Waals surface area contributed by atoms with E-state index in [9.17, 15) is 9.59 Å². The molecule has 1 atom stereocenters. The Bertz CT molecular complexity index is 608. The second-order valence-electron chi connectivity index (χ2n) is 7.41. The molecule has 6 nitrogen and oxygen atoms in total. The first kappa shape index (κ1) is 18.2. The molecule has 0 aromatic carbocycles. The van der Waals surface area contributed by atoms with Crippen molar-refractivity contribution in [2.24, 2.45) is 0 Å². The Morgan fingerprint density at radius 2 is 2.00 bits per heavy atom. The van der Waals surface area contributed by atoms with Crippen LogP contribution in [0.3, 0.4) is 0 Å². The molecule has 0 aliphatic carbocycles. The molecule has 0 unspecified atom stereocenters. The highest BCUT2D eigenvalue weighted by Crippen LogP contribution is 2.27. The van der Waals surface area contributed by atoms with Crippen molar-refractivity contribution in [3.63, 3.8) is 0 Å². The summed E-state index contributed by atoms with van der Waals surface area (Å²) in [6.07, 6.45) is 1.57. The maximum atomic E-state index is 12.3. The number of pyridine rings is 1. The van der Waals surface area contributed by atoms with E-state index in [1.165, 1.54) is 4.90 Å². The molecule has 2 amide bonds. The average molecular weight is 333 g/mol. The largest absolute Gasteiger partial charge is 0.444 e. The molecule has 1 aromatic heterocycles. The van der Waals surface area contributed by atoms with Crippen LogP contribution < -0.4 is 0 Å². The molecular formula is C18H27N3O3. The van der Waals surface area contributed by atoms with Crippen LogP contribution in [-0.4, -0.2) is 59.6 Å². The number of likely N-dealkylation sites (tertiary alicyclic amines) is 1. The maximum Gasteiger partial charge on any atom is 0.410 e. The first-order valence-electron chi connectivity index (χ1n) is 8.34. The summed E-state index contributed by atoms with van der Waals surface area (Å²) < 4.78 is 5.46. The van der Waals surface area contributed by atoms with Gasteiger partial charge in [0.2, 0.25) is 0 Å². The second-order valence-corrected chi connectivity index (χ2v) is 7.41. The predicted octanol–water partition coefficient (Wildman–Crippen LogP) is 2.90. The van der Waals surface area contributed by atoms with Gasteiger partial charge in [-0.15, -0.1) is 0 Å². The van der Waals surface area contributed by atoms with E-state index in [4.69, 9.17) is 4.74 Å². The highest BCUT2D eigenvalue weighted by atomic mass is 16.6. The minimum atomic E-state index is -0.500. The molecule has 1 aliphatic heterocycles. The number of carbonyl (C=O) groups is 2. The quantitative estimate of drug-likeness (QED) is 0.835. The van der Waals surface area contributed by atoms with E-state index in [0.29, 0.717) is 18.8 Å². The van der Waals surface area contributed by atoms with Gasteiger partial charge in [-0.25, -0.2) is 9.78 Å². The van der Waals surface area contributed by atoms with Gasteiger partial charge in [0.1, 0.15) is 11.3 Å². The summed E-state index contributed by atoms with van der Waals surface area (Å²) in [7, 11) is 3.42. The number of hydrogen-bond acceptors (Lipinski definition) is 4. The van der Waals surface area contributed by atoms with E-state index < -0.39 is 5.60 Å². The van der Waals surface area contributed by atoms with E-state index in [1.54, 1.807) is 25.1 Å². The van der Waals surface area contributed by atoms with Crippen LogP contribution in [0, 0.1) is 0 Å². The molecule has 6 heteroatoms. The van der Waals surface area contributed by atoms with Gasteiger partial charge in [0, 0.05) is 38.8 Å². The van der Waals surface area contributed by atoms with Gasteiger partial charge < -0.3 is 14.5 Å². The third-order valence-electron chi connectivity index (χ3n) is 3.89. The maximum absolute atomic E-state index is 12.3. The van der Waals surface area contributed by atoms with Gasteiger partial charge in [0.25, 0.3) is 5.91 Å². The Balaban J connectivity index is 2.11. The zero-order valence-electron chi connectivity index (χ0n) is 15.2. The van der Waals surface area contributed by atoms with Crippen LogP contribution in [0.5, 0.6) is 0 Å². The summed E-state index contributed by atoms with van der Waals surface area (Å²) in [5, 5.41) is 0. The number of aromatic nitrogens is 1. The SMILES string of the molecule is CN(C)C(=O)c1cccc([C@@H]2CCCN(C(=O)OC(C)(C)C)C2)n1. The van der Waals surface area contributed by atoms with E-state index in [2.05, 4.69) is 4.98 Å². The summed E-state index contributed by atoms with van der Waals surface area (Å²) in [5.41, 5.74) is 0.795. The summed E-state index contributed by atoms with van der Waals surface area (Å²) in [5.74, 6) is 0.0119. The Kier molecular flexibility index (Phi) is 5.47. The zero-order valence-corrected chi connectivity index (χ0v) is 15.2. The lowest BCUT2D eigenvalue weighted by Gasteiger charge is -2.34. The third kappa shape index (κ3) is 4.69. The van der Waals surface area contributed by atoms with Crippen LogP contribution in [0.2, 0.25) is 0 Å². The first-order valence-corrected chi connectivity index (χ1v) is 8.34. The van der Waals surface area contributed by atoms with Crippen molar-refractivity contribution < 1.29 is 14.3 Å².